The van der Waals surface area contributed by atoms with Crippen molar-refractivity contribution in [3.63, 3.8) is 0 Å². The summed E-state index contributed by atoms with van der Waals surface area (Å²) in [5, 5.41) is 4.40. The molecule has 1 unspecified atom stereocenters. The number of halogens is 1. The van der Waals surface area contributed by atoms with Crippen LogP contribution in [0.4, 0.5) is 4.39 Å². The zero-order chi connectivity index (χ0) is 18.8. The first-order chi connectivity index (χ1) is 13.2. The Morgan fingerprint density at radius 1 is 1.30 bits per heavy atom. The molecule has 1 amide bonds. The summed E-state index contributed by atoms with van der Waals surface area (Å²) >= 11 is 0. The summed E-state index contributed by atoms with van der Waals surface area (Å²) < 4.78 is 26.8. The number of rotatable bonds is 6. The van der Waals surface area contributed by atoms with Gasteiger partial charge in [-0.15, -0.1) is 0 Å². The molecule has 1 fully saturated rings. The van der Waals surface area contributed by atoms with Crippen molar-refractivity contribution in [2.24, 2.45) is 5.92 Å². The number of hydrogen-bond acceptors (Lipinski definition) is 4. The van der Waals surface area contributed by atoms with Crippen LogP contribution in [0.1, 0.15) is 41.4 Å². The summed E-state index contributed by atoms with van der Waals surface area (Å²) in [6.07, 6.45) is 5.52. The van der Waals surface area contributed by atoms with E-state index in [1.165, 1.54) is 38.5 Å². The molecule has 27 heavy (non-hydrogen) atoms. The third-order valence-corrected chi connectivity index (χ3v) is 5.46. The predicted molar refractivity (Wildman–Crippen MR) is 97.1 cm³/mol. The summed E-state index contributed by atoms with van der Waals surface area (Å²) in [5.41, 5.74) is 1.27. The lowest BCUT2D eigenvalue weighted by Crippen LogP contribution is -2.43. The number of fused-ring (bicyclic) bond motifs is 1. The molecule has 144 valence electrons. The van der Waals surface area contributed by atoms with Crippen molar-refractivity contribution in [2.75, 3.05) is 26.9 Å². The SMILES string of the molecule is COc1ccc(C(=O)N2Cc3ccnn3C(COCC3CCC3)C2)cc1F. The van der Waals surface area contributed by atoms with Crippen LogP contribution >= 0.6 is 0 Å². The van der Waals surface area contributed by atoms with E-state index in [2.05, 4.69) is 5.10 Å². The van der Waals surface area contributed by atoms with Gasteiger partial charge in [0.1, 0.15) is 0 Å². The van der Waals surface area contributed by atoms with Gasteiger partial charge < -0.3 is 14.4 Å². The molecule has 0 spiro atoms. The molecular weight excluding hydrogens is 349 g/mol. The number of ether oxygens (including phenoxy) is 2. The van der Waals surface area contributed by atoms with Gasteiger partial charge >= 0.3 is 0 Å². The molecule has 4 rings (SSSR count). The number of aromatic nitrogens is 2. The van der Waals surface area contributed by atoms with E-state index in [-0.39, 0.29) is 17.7 Å². The highest BCUT2D eigenvalue weighted by Gasteiger charge is 2.30. The lowest BCUT2D eigenvalue weighted by molar-refractivity contribution is 0.0276. The molecule has 1 aliphatic heterocycles. The summed E-state index contributed by atoms with van der Waals surface area (Å²) in [6.45, 7) is 2.23. The first kappa shape index (κ1) is 18.0. The minimum atomic E-state index is -0.536. The van der Waals surface area contributed by atoms with E-state index in [1.807, 2.05) is 10.7 Å². The van der Waals surface area contributed by atoms with Gasteiger partial charge in [0, 0.05) is 24.9 Å². The van der Waals surface area contributed by atoms with Crippen LogP contribution in [0.2, 0.25) is 0 Å². The summed E-state index contributed by atoms with van der Waals surface area (Å²) in [7, 11) is 1.40. The van der Waals surface area contributed by atoms with E-state index in [1.54, 1.807) is 17.2 Å². The van der Waals surface area contributed by atoms with Gasteiger partial charge in [0.2, 0.25) is 0 Å². The Hall–Kier alpha value is -2.41. The van der Waals surface area contributed by atoms with Crippen LogP contribution in [-0.4, -0.2) is 47.5 Å². The molecule has 0 saturated heterocycles. The van der Waals surface area contributed by atoms with E-state index in [0.717, 1.165) is 12.3 Å². The highest BCUT2D eigenvalue weighted by Crippen LogP contribution is 2.28. The van der Waals surface area contributed by atoms with Crippen LogP contribution in [-0.2, 0) is 11.3 Å². The Morgan fingerprint density at radius 3 is 2.85 bits per heavy atom. The quantitative estimate of drug-likeness (QED) is 0.781. The fourth-order valence-electron chi connectivity index (χ4n) is 3.68. The minimum absolute atomic E-state index is 0.0316. The Kier molecular flexibility index (Phi) is 5.11. The van der Waals surface area contributed by atoms with Gasteiger partial charge in [0.25, 0.3) is 5.91 Å². The topological polar surface area (TPSA) is 56.6 Å². The van der Waals surface area contributed by atoms with Gasteiger partial charge in [-0.1, -0.05) is 6.42 Å². The number of carbonyl (C=O) groups excluding carboxylic acids is 1. The number of methoxy groups -OCH3 is 1. The van der Waals surface area contributed by atoms with Crippen LogP contribution < -0.4 is 4.74 Å². The van der Waals surface area contributed by atoms with Crippen molar-refractivity contribution in [3.05, 3.63) is 47.5 Å². The molecule has 1 atom stereocenters. The molecule has 0 N–H and O–H groups in total. The fraction of sp³-hybridized carbons (Fsp3) is 0.500. The van der Waals surface area contributed by atoms with E-state index in [9.17, 15) is 9.18 Å². The Balaban J connectivity index is 1.46. The smallest absolute Gasteiger partial charge is 0.254 e. The molecule has 1 saturated carbocycles. The maximum atomic E-state index is 14.0. The normalized spacial score (nSPS) is 19.5. The Morgan fingerprint density at radius 2 is 2.15 bits per heavy atom. The van der Waals surface area contributed by atoms with Gasteiger partial charge in [-0.3, -0.25) is 9.48 Å². The van der Waals surface area contributed by atoms with Crippen LogP contribution in [0.5, 0.6) is 5.75 Å². The second-order valence-electron chi connectivity index (χ2n) is 7.29. The molecule has 2 aliphatic rings. The lowest BCUT2D eigenvalue weighted by Gasteiger charge is -2.34. The van der Waals surface area contributed by atoms with Crippen LogP contribution in [0.15, 0.2) is 30.5 Å². The maximum absolute atomic E-state index is 14.0. The number of carbonyl (C=O) groups is 1. The minimum Gasteiger partial charge on any atom is -0.494 e. The van der Waals surface area contributed by atoms with Crippen LogP contribution in [0.25, 0.3) is 0 Å². The van der Waals surface area contributed by atoms with Crippen LogP contribution in [0.3, 0.4) is 0 Å². The standard InChI is InChI=1S/C20H24FN3O3/c1-26-19-6-5-15(9-18(19)21)20(25)23-10-16-7-8-22-24(16)17(11-23)13-27-12-14-3-2-4-14/h5-9,14,17H,2-4,10-13H2,1H3. The number of benzene rings is 1. The molecule has 6 nitrogen and oxygen atoms in total. The second kappa shape index (κ2) is 7.68. The zero-order valence-corrected chi connectivity index (χ0v) is 15.4. The molecule has 0 radical (unpaired) electrons. The van der Waals surface area contributed by atoms with Crippen molar-refractivity contribution >= 4 is 5.91 Å². The van der Waals surface area contributed by atoms with Crippen molar-refractivity contribution < 1.29 is 18.7 Å². The zero-order valence-electron chi connectivity index (χ0n) is 15.4. The molecule has 2 heterocycles. The van der Waals surface area contributed by atoms with E-state index in [0.29, 0.717) is 31.2 Å². The van der Waals surface area contributed by atoms with Gasteiger partial charge in [-0.2, -0.15) is 5.10 Å². The maximum Gasteiger partial charge on any atom is 0.254 e. The fourth-order valence-corrected chi connectivity index (χ4v) is 3.68. The molecule has 1 aromatic carbocycles. The van der Waals surface area contributed by atoms with Crippen molar-refractivity contribution in [2.45, 2.75) is 31.8 Å². The van der Waals surface area contributed by atoms with Gasteiger partial charge in [-0.05, 0) is 43.0 Å². The van der Waals surface area contributed by atoms with E-state index >= 15 is 0 Å². The largest absolute Gasteiger partial charge is 0.494 e. The summed E-state index contributed by atoms with van der Waals surface area (Å²) in [6, 6.07) is 6.19. The number of amides is 1. The molecule has 0 bridgehead atoms. The van der Waals surface area contributed by atoms with E-state index in [4.69, 9.17) is 9.47 Å². The summed E-state index contributed by atoms with van der Waals surface area (Å²) in [4.78, 5) is 14.6. The first-order valence-corrected chi connectivity index (χ1v) is 9.38. The highest BCUT2D eigenvalue weighted by atomic mass is 19.1. The third-order valence-electron chi connectivity index (χ3n) is 5.46. The predicted octanol–water partition coefficient (Wildman–Crippen LogP) is 3.04. The summed E-state index contributed by atoms with van der Waals surface area (Å²) in [5.74, 6) is 0.0648. The molecule has 1 aromatic heterocycles. The lowest BCUT2D eigenvalue weighted by atomic mass is 9.86. The van der Waals surface area contributed by atoms with Gasteiger partial charge in [0.05, 0.1) is 32.0 Å². The monoisotopic (exact) mass is 373 g/mol. The third kappa shape index (κ3) is 3.69. The average Bonchev–Trinajstić information content (AvgIpc) is 3.11. The Labute approximate surface area is 157 Å². The molecular formula is C20H24FN3O3. The van der Waals surface area contributed by atoms with Crippen molar-refractivity contribution in [1.29, 1.82) is 0 Å². The molecule has 1 aliphatic carbocycles. The first-order valence-electron chi connectivity index (χ1n) is 9.38. The second-order valence-corrected chi connectivity index (χ2v) is 7.29. The van der Waals surface area contributed by atoms with Crippen LogP contribution in [0, 0.1) is 11.7 Å². The number of nitrogens with zero attached hydrogens (tertiary/aromatic N) is 3. The number of hydrogen-bond donors (Lipinski definition) is 0. The van der Waals surface area contributed by atoms with Crippen molar-refractivity contribution in [1.82, 2.24) is 14.7 Å². The average molecular weight is 373 g/mol. The highest BCUT2D eigenvalue weighted by molar-refractivity contribution is 5.94. The Bertz CT molecular complexity index is 819. The van der Waals surface area contributed by atoms with Gasteiger partial charge in [-0.25, -0.2) is 4.39 Å². The van der Waals surface area contributed by atoms with Crippen molar-refractivity contribution in [3.8, 4) is 5.75 Å². The van der Waals surface area contributed by atoms with E-state index < -0.39 is 5.82 Å². The molecule has 7 heteroatoms. The molecule has 2 aromatic rings. The van der Waals surface area contributed by atoms with Gasteiger partial charge in [0.15, 0.2) is 11.6 Å².